The van der Waals surface area contributed by atoms with Gasteiger partial charge in [0.1, 0.15) is 22.9 Å². The maximum atomic E-state index is 6.70. The van der Waals surface area contributed by atoms with E-state index in [0.29, 0.717) is 0 Å². The third kappa shape index (κ3) is 3.34. The Bertz CT molecular complexity index is 1900. The molecule has 190 valence electrons. The Morgan fingerprint density at radius 1 is 0.816 bits per heavy atom. The van der Waals surface area contributed by atoms with E-state index in [9.17, 15) is 0 Å². The van der Waals surface area contributed by atoms with E-state index in [1.165, 1.54) is 72.2 Å². The fraction of sp³-hybridized carbons (Fsp3) is 0.286. The van der Waals surface area contributed by atoms with Crippen molar-refractivity contribution in [3.8, 4) is 21.7 Å². The number of aryl methyl sites for hydroxylation is 2. The zero-order valence-electron chi connectivity index (χ0n) is 23.1. The molecule has 38 heavy (non-hydrogen) atoms. The van der Waals surface area contributed by atoms with E-state index in [1.807, 2.05) is 11.3 Å². The number of furan rings is 1. The molecule has 0 unspecified atom stereocenters. The van der Waals surface area contributed by atoms with Crippen molar-refractivity contribution in [3.63, 3.8) is 0 Å². The summed E-state index contributed by atoms with van der Waals surface area (Å²) in [5, 5.41) is 3.66. The van der Waals surface area contributed by atoms with Crippen molar-refractivity contribution in [1.82, 2.24) is 0 Å². The van der Waals surface area contributed by atoms with Crippen LogP contribution in [0.25, 0.3) is 53.9 Å². The van der Waals surface area contributed by atoms with Crippen LogP contribution >= 0.6 is 11.3 Å². The molecule has 0 atom stereocenters. The van der Waals surface area contributed by atoms with Gasteiger partial charge in [-0.05, 0) is 65.0 Å². The number of rotatable bonds is 2. The first-order valence-corrected chi connectivity index (χ1v) is 14.5. The number of benzene rings is 4. The molecule has 0 saturated heterocycles. The second-order valence-electron chi connectivity index (χ2n) is 12.4. The fourth-order valence-electron chi connectivity index (χ4n) is 6.57. The minimum atomic E-state index is 0.169. The van der Waals surface area contributed by atoms with Crippen LogP contribution in [0.2, 0.25) is 0 Å². The number of para-hydroxylation sites is 2. The van der Waals surface area contributed by atoms with Crippen molar-refractivity contribution in [2.24, 2.45) is 7.05 Å². The number of hydrogen-bond donors (Lipinski definition) is 0. The molecule has 3 heteroatoms. The van der Waals surface area contributed by atoms with Crippen molar-refractivity contribution in [2.45, 2.75) is 58.3 Å². The van der Waals surface area contributed by atoms with Crippen molar-refractivity contribution >= 4 is 43.5 Å². The monoisotopic (exact) mass is 516 g/mol. The summed E-state index contributed by atoms with van der Waals surface area (Å²) in [7, 11) is 2.18. The highest BCUT2D eigenvalue weighted by Gasteiger charge is 2.37. The molecule has 0 fully saturated rings. The van der Waals surface area contributed by atoms with Gasteiger partial charge in [-0.1, -0.05) is 93.6 Å². The van der Waals surface area contributed by atoms with Crippen LogP contribution < -0.4 is 4.57 Å². The second kappa shape index (κ2) is 8.04. The number of fused-ring (bicyclic) bond motifs is 5. The molecular formula is C35H34NOS+. The first-order chi connectivity index (χ1) is 18.2. The number of nitrogens with zero attached hydrogens (tertiary/aromatic N) is 1. The highest BCUT2D eigenvalue weighted by molar-refractivity contribution is 7.21. The summed E-state index contributed by atoms with van der Waals surface area (Å²) in [6.45, 7) is 11.8. The van der Waals surface area contributed by atoms with E-state index in [2.05, 4.69) is 119 Å². The Balaban J connectivity index is 1.49. The lowest BCUT2D eigenvalue weighted by atomic mass is 9.63. The minimum absolute atomic E-state index is 0.169. The highest BCUT2D eigenvalue weighted by atomic mass is 32.1. The molecule has 0 bridgehead atoms. The molecule has 6 aromatic rings. The Labute approximate surface area is 228 Å². The van der Waals surface area contributed by atoms with E-state index in [0.717, 1.165) is 11.2 Å². The van der Waals surface area contributed by atoms with Gasteiger partial charge in [-0.25, -0.2) is 0 Å². The van der Waals surface area contributed by atoms with E-state index in [4.69, 9.17) is 4.42 Å². The summed E-state index contributed by atoms with van der Waals surface area (Å²) in [5.74, 6) is 0. The van der Waals surface area contributed by atoms with E-state index < -0.39 is 0 Å². The maximum Gasteiger partial charge on any atom is 0.270 e. The molecule has 0 radical (unpaired) electrons. The van der Waals surface area contributed by atoms with Gasteiger partial charge in [0.25, 0.3) is 5.01 Å². The van der Waals surface area contributed by atoms with Crippen molar-refractivity contribution in [1.29, 1.82) is 0 Å². The largest absolute Gasteiger partial charge is 0.455 e. The Hall–Kier alpha value is -3.43. The molecule has 0 aliphatic heterocycles. The summed E-state index contributed by atoms with van der Waals surface area (Å²) >= 11 is 1.85. The lowest BCUT2D eigenvalue weighted by Gasteiger charge is -2.42. The van der Waals surface area contributed by atoms with Crippen molar-refractivity contribution in [3.05, 3.63) is 89.5 Å². The second-order valence-corrected chi connectivity index (χ2v) is 13.4. The zero-order valence-corrected chi connectivity index (χ0v) is 23.9. The number of thiazole rings is 1. The van der Waals surface area contributed by atoms with Gasteiger partial charge in [0.2, 0.25) is 5.52 Å². The number of aromatic nitrogens is 1. The van der Waals surface area contributed by atoms with Gasteiger partial charge in [0, 0.05) is 22.4 Å². The summed E-state index contributed by atoms with van der Waals surface area (Å²) < 4.78 is 10.3. The Kier molecular flexibility index (Phi) is 5.01. The highest BCUT2D eigenvalue weighted by Crippen LogP contribution is 2.48. The quantitative estimate of drug-likeness (QED) is 0.209. The van der Waals surface area contributed by atoms with Gasteiger partial charge in [0.05, 0.1) is 5.56 Å². The lowest BCUT2D eigenvalue weighted by Crippen LogP contribution is -2.33. The van der Waals surface area contributed by atoms with Crippen LogP contribution in [0.3, 0.4) is 0 Å². The predicted octanol–water partition coefficient (Wildman–Crippen LogP) is 9.62. The first kappa shape index (κ1) is 23.7. The molecule has 1 aliphatic rings. The van der Waals surface area contributed by atoms with Crippen LogP contribution in [0, 0.1) is 6.92 Å². The van der Waals surface area contributed by atoms with Crippen LogP contribution in [0.4, 0.5) is 0 Å². The fourth-order valence-corrected chi connectivity index (χ4v) is 7.84. The molecule has 0 spiro atoms. The topological polar surface area (TPSA) is 17.0 Å². The molecule has 0 saturated carbocycles. The predicted molar refractivity (Wildman–Crippen MR) is 161 cm³/mol. The standard InChI is InChI=1S/C35H34NOS/c1-21-14-17-28-31(30(21)33-36(6)27-12-7-8-13-29(27)38-33)24-11-9-10-23(32(24)37-28)22-15-16-25-26(20-22)35(4,5)19-18-34(25,2)3/h7-17,20H,18-19H2,1-6H3/q+1. The van der Waals surface area contributed by atoms with Gasteiger partial charge in [-0.2, -0.15) is 4.57 Å². The summed E-state index contributed by atoms with van der Waals surface area (Å²) in [6, 6.07) is 26.8. The van der Waals surface area contributed by atoms with Crippen LogP contribution in [-0.4, -0.2) is 0 Å². The van der Waals surface area contributed by atoms with Crippen LogP contribution in [0.5, 0.6) is 0 Å². The van der Waals surface area contributed by atoms with E-state index in [1.54, 1.807) is 0 Å². The van der Waals surface area contributed by atoms with Crippen molar-refractivity contribution in [2.75, 3.05) is 0 Å². The smallest absolute Gasteiger partial charge is 0.270 e. The normalized spacial score (nSPS) is 16.4. The van der Waals surface area contributed by atoms with Gasteiger partial charge < -0.3 is 4.42 Å². The van der Waals surface area contributed by atoms with Crippen LogP contribution in [-0.2, 0) is 17.9 Å². The summed E-state index contributed by atoms with van der Waals surface area (Å²) in [6.07, 6.45) is 2.43. The zero-order chi connectivity index (χ0) is 26.4. The lowest BCUT2D eigenvalue weighted by molar-refractivity contribution is -0.629. The maximum absolute atomic E-state index is 6.70. The van der Waals surface area contributed by atoms with Gasteiger partial charge >= 0.3 is 0 Å². The molecule has 0 N–H and O–H groups in total. The third-order valence-corrected chi connectivity index (χ3v) is 10.2. The van der Waals surface area contributed by atoms with E-state index in [-0.39, 0.29) is 10.8 Å². The summed E-state index contributed by atoms with van der Waals surface area (Å²) in [4.78, 5) is 0. The SMILES string of the molecule is Cc1ccc2oc3c(-c4ccc5c(c4)C(C)(C)CCC5(C)C)cccc3c2c1-c1sc2ccccc2[n+]1C. The molecule has 0 amide bonds. The molecule has 4 aromatic carbocycles. The van der Waals surface area contributed by atoms with Crippen LogP contribution in [0.1, 0.15) is 57.2 Å². The van der Waals surface area contributed by atoms with Gasteiger partial charge in [0.15, 0.2) is 0 Å². The molecule has 2 nitrogen and oxygen atoms in total. The molecular weight excluding hydrogens is 482 g/mol. The van der Waals surface area contributed by atoms with E-state index >= 15 is 0 Å². The minimum Gasteiger partial charge on any atom is -0.455 e. The van der Waals surface area contributed by atoms with Crippen LogP contribution in [0.15, 0.2) is 77.2 Å². The average Bonchev–Trinajstić information content (AvgIpc) is 3.44. The third-order valence-electron chi connectivity index (χ3n) is 8.99. The first-order valence-electron chi connectivity index (χ1n) is 13.6. The molecule has 7 rings (SSSR count). The van der Waals surface area contributed by atoms with Crippen molar-refractivity contribution < 1.29 is 8.98 Å². The van der Waals surface area contributed by atoms with Gasteiger partial charge in [-0.15, -0.1) is 0 Å². The average molecular weight is 517 g/mol. The molecule has 2 aromatic heterocycles. The summed E-state index contributed by atoms with van der Waals surface area (Å²) in [5.41, 5.74) is 11.5. The Morgan fingerprint density at radius 2 is 1.58 bits per heavy atom. The van der Waals surface area contributed by atoms with Gasteiger partial charge in [-0.3, -0.25) is 0 Å². The molecule has 1 aliphatic carbocycles. The molecule has 2 heterocycles. The Morgan fingerprint density at radius 3 is 2.37 bits per heavy atom. The number of hydrogen-bond acceptors (Lipinski definition) is 2.